The van der Waals surface area contributed by atoms with E-state index in [0.717, 1.165) is 39.0 Å². The van der Waals surface area contributed by atoms with E-state index in [0.29, 0.717) is 17.8 Å². The number of carboxylic acids is 1. The van der Waals surface area contributed by atoms with E-state index in [1.807, 2.05) is 58.9 Å². The Kier molecular flexibility index (Phi) is 7.23. The van der Waals surface area contributed by atoms with Crippen LogP contribution in [0.3, 0.4) is 0 Å². The predicted octanol–water partition coefficient (Wildman–Crippen LogP) is 7.75. The number of nitrogens with zero attached hydrogens (tertiary/aromatic N) is 2. The van der Waals surface area contributed by atoms with Crippen LogP contribution in [0.15, 0.2) is 54.6 Å². The zero-order valence-corrected chi connectivity index (χ0v) is 23.5. The summed E-state index contributed by atoms with van der Waals surface area (Å²) in [4.78, 5) is 17.6. The van der Waals surface area contributed by atoms with Crippen molar-refractivity contribution in [2.75, 3.05) is 0 Å². The Morgan fingerprint density at radius 1 is 1.00 bits per heavy atom. The third-order valence-corrected chi connectivity index (χ3v) is 6.59. The minimum atomic E-state index is -1.19. The Labute approximate surface area is 224 Å². The maximum Gasteiger partial charge on any atom is 0.337 e. The van der Waals surface area contributed by atoms with Crippen LogP contribution in [-0.2, 0) is 21.5 Å². The van der Waals surface area contributed by atoms with Gasteiger partial charge in [0.25, 0.3) is 0 Å². The van der Waals surface area contributed by atoms with Crippen LogP contribution in [-0.4, -0.2) is 26.2 Å². The molecule has 0 aliphatic heterocycles. The second-order valence-electron chi connectivity index (χ2n) is 12.0. The van der Waals surface area contributed by atoms with Gasteiger partial charge in [0.15, 0.2) is 6.10 Å². The second kappa shape index (κ2) is 9.99. The Balaban J connectivity index is 2.09. The fraction of sp³-hybridized carbons (Fsp3) is 0.375. The first-order valence-electron chi connectivity index (χ1n) is 12.9. The third kappa shape index (κ3) is 5.65. The molecule has 0 unspecified atom stereocenters. The van der Waals surface area contributed by atoms with Crippen molar-refractivity contribution in [3.8, 4) is 11.1 Å². The van der Waals surface area contributed by atoms with Crippen LogP contribution in [0.1, 0.15) is 75.7 Å². The van der Waals surface area contributed by atoms with Crippen molar-refractivity contribution >= 4 is 17.0 Å². The first kappa shape index (κ1) is 27.5. The molecule has 4 aromatic rings. The SMILES string of the molecule is Cc1ccc(-c2c([C@H](OC(C)(C)C)C(=O)O)c(C)nc3c2cc(C(C)(C)C)n3Cc2ccc(F)cc2)cc1. The third-order valence-electron chi connectivity index (χ3n) is 6.59. The van der Waals surface area contributed by atoms with E-state index in [1.165, 1.54) is 12.1 Å². The van der Waals surface area contributed by atoms with Crippen molar-refractivity contribution in [3.63, 3.8) is 0 Å². The van der Waals surface area contributed by atoms with Gasteiger partial charge in [-0.05, 0) is 63.9 Å². The Bertz CT molecular complexity index is 1470. The molecule has 0 aliphatic rings. The van der Waals surface area contributed by atoms with Crippen molar-refractivity contribution < 1.29 is 19.0 Å². The molecule has 4 rings (SSSR count). The van der Waals surface area contributed by atoms with Crippen molar-refractivity contribution in [2.45, 2.75) is 79.1 Å². The highest BCUT2D eigenvalue weighted by atomic mass is 19.1. The topological polar surface area (TPSA) is 64.3 Å². The van der Waals surface area contributed by atoms with Gasteiger partial charge in [0.2, 0.25) is 0 Å². The second-order valence-corrected chi connectivity index (χ2v) is 12.0. The molecule has 0 radical (unpaired) electrons. The number of aromatic nitrogens is 2. The lowest BCUT2D eigenvalue weighted by atomic mass is 9.89. The van der Waals surface area contributed by atoms with Gasteiger partial charge >= 0.3 is 5.97 Å². The van der Waals surface area contributed by atoms with Crippen LogP contribution in [0.4, 0.5) is 4.39 Å². The highest BCUT2D eigenvalue weighted by Gasteiger charge is 2.34. The molecule has 2 aromatic heterocycles. The highest BCUT2D eigenvalue weighted by molar-refractivity contribution is 5.98. The standard InChI is InChI=1S/C32H37FN2O3/c1-19-9-13-22(14-10-19)27-24-17-25(31(3,4)5)35(18-21-11-15-23(33)16-12-21)29(24)34-20(2)26(27)28(30(36)37)38-32(6,7)8/h9-17,28H,18H2,1-8H3,(H,36,37)/t28-/m0/s1. The zero-order valence-electron chi connectivity index (χ0n) is 23.5. The summed E-state index contributed by atoms with van der Waals surface area (Å²) < 4.78 is 21.9. The first-order chi connectivity index (χ1) is 17.7. The molecule has 0 amide bonds. The van der Waals surface area contributed by atoms with Crippen molar-refractivity contribution in [3.05, 3.63) is 88.5 Å². The van der Waals surface area contributed by atoms with E-state index in [1.54, 1.807) is 12.1 Å². The lowest BCUT2D eigenvalue weighted by Crippen LogP contribution is -2.28. The van der Waals surface area contributed by atoms with E-state index in [-0.39, 0.29) is 11.2 Å². The Morgan fingerprint density at radius 2 is 1.61 bits per heavy atom. The minimum Gasteiger partial charge on any atom is -0.479 e. The lowest BCUT2D eigenvalue weighted by Gasteiger charge is -2.28. The molecule has 0 saturated carbocycles. The molecule has 1 atom stereocenters. The van der Waals surface area contributed by atoms with Gasteiger partial charge in [-0.15, -0.1) is 0 Å². The number of aliphatic carboxylic acids is 1. The number of halogens is 1. The number of carboxylic acid groups (broad SMARTS) is 1. The van der Waals surface area contributed by atoms with E-state index in [4.69, 9.17) is 9.72 Å². The van der Waals surface area contributed by atoms with Crippen LogP contribution in [0.2, 0.25) is 0 Å². The number of hydrogen-bond acceptors (Lipinski definition) is 3. The normalized spacial score (nSPS) is 13.2. The summed E-state index contributed by atoms with van der Waals surface area (Å²) in [6.45, 7) is 16.4. The Morgan fingerprint density at radius 3 is 2.13 bits per heavy atom. The molecule has 0 saturated heterocycles. The molecule has 2 aromatic carbocycles. The van der Waals surface area contributed by atoms with Crippen LogP contribution in [0.25, 0.3) is 22.2 Å². The van der Waals surface area contributed by atoms with Crippen molar-refractivity contribution in [1.82, 2.24) is 9.55 Å². The maximum absolute atomic E-state index is 13.6. The average molecular weight is 517 g/mol. The van der Waals surface area contributed by atoms with E-state index >= 15 is 0 Å². The summed E-state index contributed by atoms with van der Waals surface area (Å²) in [5.74, 6) is -1.33. The summed E-state index contributed by atoms with van der Waals surface area (Å²) in [6, 6.07) is 16.7. The van der Waals surface area contributed by atoms with Gasteiger partial charge in [-0.1, -0.05) is 62.7 Å². The molecule has 6 heteroatoms. The van der Waals surface area contributed by atoms with Crippen LogP contribution in [0, 0.1) is 19.7 Å². The molecule has 0 spiro atoms. The minimum absolute atomic E-state index is 0.229. The number of ether oxygens (including phenoxy) is 1. The molecule has 0 fully saturated rings. The van der Waals surface area contributed by atoms with E-state index in [2.05, 4.69) is 31.4 Å². The fourth-order valence-corrected chi connectivity index (χ4v) is 4.88. The van der Waals surface area contributed by atoms with Gasteiger partial charge in [-0.2, -0.15) is 0 Å². The number of pyridine rings is 1. The van der Waals surface area contributed by atoms with Gasteiger partial charge in [0.05, 0.1) is 5.60 Å². The van der Waals surface area contributed by atoms with Crippen LogP contribution >= 0.6 is 0 Å². The average Bonchev–Trinajstić information content (AvgIpc) is 3.16. The predicted molar refractivity (Wildman–Crippen MR) is 150 cm³/mol. The van der Waals surface area contributed by atoms with Crippen LogP contribution < -0.4 is 0 Å². The first-order valence-corrected chi connectivity index (χ1v) is 12.9. The summed E-state index contributed by atoms with van der Waals surface area (Å²) in [5, 5.41) is 11.2. The molecule has 5 nitrogen and oxygen atoms in total. The number of aryl methyl sites for hydroxylation is 2. The molecule has 0 aliphatic carbocycles. The molecule has 0 bridgehead atoms. The van der Waals surface area contributed by atoms with E-state index in [9.17, 15) is 14.3 Å². The van der Waals surface area contributed by atoms with Gasteiger partial charge in [0, 0.05) is 39.9 Å². The number of carbonyl (C=O) groups is 1. The molecule has 1 N–H and O–H groups in total. The van der Waals surface area contributed by atoms with Crippen molar-refractivity contribution in [2.24, 2.45) is 0 Å². The summed E-state index contributed by atoms with van der Waals surface area (Å²) in [5.41, 5.74) is 5.85. The van der Waals surface area contributed by atoms with Crippen molar-refractivity contribution in [1.29, 1.82) is 0 Å². The zero-order chi connectivity index (χ0) is 28.0. The molecule has 200 valence electrons. The summed E-state index contributed by atoms with van der Waals surface area (Å²) in [7, 11) is 0. The summed E-state index contributed by atoms with van der Waals surface area (Å²) in [6.07, 6.45) is -1.19. The molecule has 38 heavy (non-hydrogen) atoms. The van der Waals surface area contributed by atoms with Gasteiger partial charge < -0.3 is 14.4 Å². The van der Waals surface area contributed by atoms with E-state index < -0.39 is 17.7 Å². The molecular formula is C32H37FN2O3. The highest BCUT2D eigenvalue weighted by Crippen LogP contribution is 2.42. The molecule has 2 heterocycles. The fourth-order valence-electron chi connectivity index (χ4n) is 4.88. The van der Waals surface area contributed by atoms with Crippen LogP contribution in [0.5, 0.6) is 0 Å². The lowest BCUT2D eigenvalue weighted by molar-refractivity contribution is -0.160. The number of benzene rings is 2. The largest absolute Gasteiger partial charge is 0.479 e. The molecular weight excluding hydrogens is 479 g/mol. The summed E-state index contributed by atoms with van der Waals surface area (Å²) >= 11 is 0. The number of fused-ring (bicyclic) bond motifs is 1. The smallest absolute Gasteiger partial charge is 0.337 e. The quantitative estimate of drug-likeness (QED) is 0.285. The van der Waals surface area contributed by atoms with Gasteiger partial charge in [0.1, 0.15) is 11.5 Å². The maximum atomic E-state index is 13.6. The number of rotatable bonds is 6. The monoisotopic (exact) mass is 516 g/mol. The Hall–Kier alpha value is -3.51. The van der Waals surface area contributed by atoms with Gasteiger partial charge in [-0.25, -0.2) is 14.2 Å². The number of hydrogen-bond donors (Lipinski definition) is 1. The van der Waals surface area contributed by atoms with Gasteiger partial charge in [-0.3, -0.25) is 0 Å².